The Labute approximate surface area is 131 Å². The van der Waals surface area contributed by atoms with Crippen molar-refractivity contribution in [1.82, 2.24) is 0 Å². The summed E-state index contributed by atoms with van der Waals surface area (Å²) in [6.07, 6.45) is 0. The van der Waals surface area contributed by atoms with Gasteiger partial charge in [-0.3, -0.25) is 0 Å². The van der Waals surface area contributed by atoms with Gasteiger partial charge in [-0.15, -0.1) is 0 Å². The molecule has 112 valence electrons. The minimum Gasteiger partial charge on any atom is -0.765 e. The van der Waals surface area contributed by atoms with Crippen molar-refractivity contribution >= 4 is 8.60 Å². The third-order valence-corrected chi connectivity index (χ3v) is 3.23. The summed E-state index contributed by atoms with van der Waals surface area (Å²) in [6.45, 7) is 0. The standard InChI is InChI=1S/C12H10O3P.C6H6/c13-16(14-11-7-3-1-4-8-11)15-12-9-5-2-6-10-12;1-2-4-6-5-3-1/h1-10H;1-6H/q-1;. The number of hydrogen-bond acceptors (Lipinski definition) is 3. The molecule has 0 atom stereocenters. The van der Waals surface area contributed by atoms with Crippen LogP contribution >= 0.6 is 8.60 Å². The van der Waals surface area contributed by atoms with Gasteiger partial charge in [-0.05, 0) is 24.3 Å². The van der Waals surface area contributed by atoms with Gasteiger partial charge >= 0.3 is 0 Å². The van der Waals surface area contributed by atoms with Gasteiger partial charge in [0.15, 0.2) is 0 Å². The second kappa shape index (κ2) is 9.56. The molecule has 4 heteroatoms. The summed E-state index contributed by atoms with van der Waals surface area (Å²) in [4.78, 5) is 11.5. The Morgan fingerprint density at radius 2 is 0.773 bits per heavy atom. The van der Waals surface area contributed by atoms with E-state index in [0.29, 0.717) is 11.5 Å². The van der Waals surface area contributed by atoms with Gasteiger partial charge in [-0.2, -0.15) is 0 Å². The Morgan fingerprint density at radius 3 is 1.09 bits per heavy atom. The Morgan fingerprint density at radius 1 is 0.500 bits per heavy atom. The van der Waals surface area contributed by atoms with E-state index in [0.717, 1.165) is 0 Å². The van der Waals surface area contributed by atoms with Crippen LogP contribution < -0.4 is 13.9 Å². The van der Waals surface area contributed by atoms with E-state index in [4.69, 9.17) is 9.05 Å². The zero-order valence-corrected chi connectivity index (χ0v) is 12.8. The van der Waals surface area contributed by atoms with Crippen LogP contribution in [0.4, 0.5) is 0 Å². The van der Waals surface area contributed by atoms with Crippen molar-refractivity contribution in [2.45, 2.75) is 0 Å². The molecule has 0 radical (unpaired) electrons. The van der Waals surface area contributed by atoms with Gasteiger partial charge in [0.2, 0.25) is 8.60 Å². The monoisotopic (exact) mass is 311 g/mol. The van der Waals surface area contributed by atoms with E-state index in [9.17, 15) is 4.89 Å². The average Bonchev–Trinajstić information content (AvgIpc) is 2.59. The average molecular weight is 311 g/mol. The summed E-state index contributed by atoms with van der Waals surface area (Å²) < 4.78 is 10.2. The van der Waals surface area contributed by atoms with E-state index in [2.05, 4.69) is 0 Å². The largest absolute Gasteiger partial charge is 0.765 e. The lowest BCUT2D eigenvalue weighted by molar-refractivity contribution is -0.189. The summed E-state index contributed by atoms with van der Waals surface area (Å²) in [7, 11) is -2.18. The van der Waals surface area contributed by atoms with E-state index < -0.39 is 8.60 Å². The number of hydrogen-bond donors (Lipinski definition) is 0. The molecule has 0 aromatic heterocycles. The van der Waals surface area contributed by atoms with Crippen LogP contribution in [0.1, 0.15) is 0 Å². The van der Waals surface area contributed by atoms with Crippen LogP contribution in [-0.2, 0) is 0 Å². The predicted molar refractivity (Wildman–Crippen MR) is 87.5 cm³/mol. The van der Waals surface area contributed by atoms with Gasteiger partial charge in [0, 0.05) is 0 Å². The fourth-order valence-electron chi connectivity index (χ4n) is 1.54. The van der Waals surface area contributed by atoms with Crippen LogP contribution in [0.3, 0.4) is 0 Å². The van der Waals surface area contributed by atoms with E-state index in [-0.39, 0.29) is 0 Å². The molecular weight excluding hydrogens is 295 g/mol. The van der Waals surface area contributed by atoms with Gasteiger partial charge in [0.05, 0.1) is 0 Å². The lowest BCUT2D eigenvalue weighted by atomic mass is 10.3. The first-order valence-electron chi connectivity index (χ1n) is 6.78. The van der Waals surface area contributed by atoms with Gasteiger partial charge in [0.1, 0.15) is 11.5 Å². The maximum Gasteiger partial charge on any atom is 0.210 e. The highest BCUT2D eigenvalue weighted by Crippen LogP contribution is 2.32. The van der Waals surface area contributed by atoms with Crippen molar-refractivity contribution in [3.63, 3.8) is 0 Å². The second-order valence-corrected chi connectivity index (χ2v) is 5.00. The first kappa shape index (κ1) is 16.0. The molecule has 3 aromatic carbocycles. The number of benzene rings is 3. The van der Waals surface area contributed by atoms with Crippen LogP contribution in [0.15, 0.2) is 97.1 Å². The second-order valence-electron chi connectivity index (χ2n) is 4.19. The zero-order valence-electron chi connectivity index (χ0n) is 11.9. The highest BCUT2D eigenvalue weighted by molar-refractivity contribution is 7.39. The Hall–Kier alpha value is -2.35. The van der Waals surface area contributed by atoms with Gasteiger partial charge in [0.25, 0.3) is 0 Å². The zero-order chi connectivity index (χ0) is 15.5. The maximum absolute atomic E-state index is 11.5. The molecule has 0 heterocycles. The van der Waals surface area contributed by atoms with Crippen molar-refractivity contribution in [1.29, 1.82) is 0 Å². The maximum atomic E-state index is 11.5. The molecule has 0 saturated heterocycles. The summed E-state index contributed by atoms with van der Waals surface area (Å²) in [6, 6.07) is 29.8. The Balaban J connectivity index is 0.000000246. The quantitative estimate of drug-likeness (QED) is 0.670. The minimum atomic E-state index is -2.18. The van der Waals surface area contributed by atoms with Crippen molar-refractivity contribution < 1.29 is 13.9 Å². The summed E-state index contributed by atoms with van der Waals surface area (Å²) in [5, 5.41) is 0. The van der Waals surface area contributed by atoms with Crippen molar-refractivity contribution in [3.8, 4) is 11.5 Å². The fourth-order valence-corrected chi connectivity index (χ4v) is 2.16. The van der Waals surface area contributed by atoms with Crippen molar-refractivity contribution in [2.75, 3.05) is 0 Å². The molecule has 0 amide bonds. The number of para-hydroxylation sites is 2. The molecule has 22 heavy (non-hydrogen) atoms. The van der Waals surface area contributed by atoms with Crippen LogP contribution in [0.25, 0.3) is 0 Å². The van der Waals surface area contributed by atoms with Crippen molar-refractivity contribution in [3.05, 3.63) is 97.1 Å². The highest BCUT2D eigenvalue weighted by Gasteiger charge is 1.99. The molecule has 0 saturated carbocycles. The first-order valence-corrected chi connectivity index (χ1v) is 7.87. The van der Waals surface area contributed by atoms with Gasteiger partial charge in [-0.1, -0.05) is 72.8 Å². The highest BCUT2D eigenvalue weighted by atomic mass is 31.2. The SMILES string of the molecule is [O-]P(Oc1ccccc1)Oc1ccccc1.c1ccccc1. The molecular formula is C18H16O3P-. The molecule has 3 nitrogen and oxygen atoms in total. The normalized spacial score (nSPS) is 9.55. The van der Waals surface area contributed by atoms with Gasteiger partial charge < -0.3 is 13.9 Å². The predicted octanol–water partition coefficient (Wildman–Crippen LogP) is 4.42. The summed E-state index contributed by atoms with van der Waals surface area (Å²) >= 11 is 0. The van der Waals surface area contributed by atoms with Crippen molar-refractivity contribution in [2.24, 2.45) is 0 Å². The minimum absolute atomic E-state index is 0.527. The molecule has 0 aliphatic heterocycles. The molecule has 0 bridgehead atoms. The summed E-state index contributed by atoms with van der Waals surface area (Å²) in [5.74, 6) is 1.05. The third kappa shape index (κ3) is 6.40. The van der Waals surface area contributed by atoms with Crippen LogP contribution in [0, 0.1) is 0 Å². The van der Waals surface area contributed by atoms with E-state index in [1.807, 2.05) is 48.5 Å². The molecule has 0 spiro atoms. The molecule has 3 aromatic rings. The number of rotatable bonds is 4. The topological polar surface area (TPSA) is 41.5 Å². The fraction of sp³-hybridized carbons (Fsp3) is 0. The molecule has 0 fully saturated rings. The Kier molecular flexibility index (Phi) is 6.97. The van der Waals surface area contributed by atoms with Crippen LogP contribution in [0.5, 0.6) is 11.5 Å². The van der Waals surface area contributed by atoms with Gasteiger partial charge in [-0.25, -0.2) is 0 Å². The first-order chi connectivity index (χ1) is 10.8. The van der Waals surface area contributed by atoms with Crippen LogP contribution in [0.2, 0.25) is 0 Å². The van der Waals surface area contributed by atoms with E-state index in [1.165, 1.54) is 0 Å². The third-order valence-electron chi connectivity index (χ3n) is 2.51. The smallest absolute Gasteiger partial charge is 0.210 e. The summed E-state index contributed by atoms with van der Waals surface area (Å²) in [5.41, 5.74) is 0. The molecule has 3 rings (SSSR count). The lowest BCUT2D eigenvalue weighted by Crippen LogP contribution is -2.07. The molecule has 0 N–H and O–H groups in total. The molecule has 0 aliphatic rings. The Bertz CT molecular complexity index is 549. The molecule has 0 unspecified atom stereocenters. The van der Waals surface area contributed by atoms with Crippen LogP contribution in [-0.4, -0.2) is 0 Å². The van der Waals surface area contributed by atoms with E-state index >= 15 is 0 Å². The van der Waals surface area contributed by atoms with E-state index in [1.54, 1.807) is 48.5 Å². The lowest BCUT2D eigenvalue weighted by Gasteiger charge is -2.22. The molecule has 0 aliphatic carbocycles.